The first-order valence-electron chi connectivity index (χ1n) is 5.69. The van der Waals surface area contributed by atoms with Gasteiger partial charge < -0.3 is 10.2 Å². The fraction of sp³-hybridized carbons (Fsp3) is 0.700. The first-order valence-corrected chi connectivity index (χ1v) is 5.69. The second-order valence-electron chi connectivity index (χ2n) is 3.90. The number of aryl methyl sites for hydroxylation is 1. The second kappa shape index (κ2) is 7.24. The van der Waals surface area contributed by atoms with Gasteiger partial charge in [0.1, 0.15) is 0 Å². The van der Waals surface area contributed by atoms with Gasteiger partial charge in [0.25, 0.3) is 0 Å². The van der Waals surface area contributed by atoms with Gasteiger partial charge in [0, 0.05) is 32.3 Å². The van der Waals surface area contributed by atoms with Crippen LogP contribution < -0.4 is 5.32 Å². The Morgan fingerprint density at radius 2 is 2.24 bits per heavy atom. The number of amides is 1. The number of halogens is 1. The van der Waals surface area contributed by atoms with Gasteiger partial charge in [-0.1, -0.05) is 5.21 Å². The van der Waals surface area contributed by atoms with Crippen molar-refractivity contribution in [3.05, 3.63) is 12.4 Å². The third-order valence-corrected chi connectivity index (χ3v) is 2.72. The fourth-order valence-corrected chi connectivity index (χ4v) is 1.82. The molecule has 1 aliphatic heterocycles. The molecule has 0 unspecified atom stereocenters. The van der Waals surface area contributed by atoms with E-state index in [1.165, 1.54) is 0 Å². The van der Waals surface area contributed by atoms with Gasteiger partial charge in [0.05, 0.1) is 12.7 Å². The summed E-state index contributed by atoms with van der Waals surface area (Å²) in [6.45, 7) is 4.20. The maximum Gasteiger partial charge on any atom is 0.224 e. The molecule has 96 valence electrons. The highest BCUT2D eigenvalue weighted by Gasteiger charge is 2.14. The van der Waals surface area contributed by atoms with E-state index in [1.807, 2.05) is 4.90 Å². The molecule has 0 atom stereocenters. The molecule has 1 aromatic heterocycles. The molecule has 7 heteroatoms. The SMILES string of the molecule is Cl.O=C(CCn1ccnn1)N1CCCNCC1. The van der Waals surface area contributed by atoms with Crippen molar-refractivity contribution in [2.24, 2.45) is 0 Å². The molecular weight excluding hydrogens is 242 g/mol. The lowest BCUT2D eigenvalue weighted by Crippen LogP contribution is -2.34. The fourth-order valence-electron chi connectivity index (χ4n) is 1.82. The van der Waals surface area contributed by atoms with Crippen molar-refractivity contribution >= 4 is 18.3 Å². The minimum absolute atomic E-state index is 0. The van der Waals surface area contributed by atoms with E-state index in [-0.39, 0.29) is 18.3 Å². The Morgan fingerprint density at radius 3 is 3.00 bits per heavy atom. The van der Waals surface area contributed by atoms with Gasteiger partial charge in [-0.3, -0.25) is 9.48 Å². The summed E-state index contributed by atoms with van der Waals surface area (Å²) in [5, 5.41) is 10.8. The van der Waals surface area contributed by atoms with Crippen LogP contribution in [0, 0.1) is 0 Å². The van der Waals surface area contributed by atoms with Crippen LogP contribution in [0.25, 0.3) is 0 Å². The van der Waals surface area contributed by atoms with Crippen LogP contribution in [-0.2, 0) is 11.3 Å². The zero-order valence-electron chi connectivity index (χ0n) is 9.71. The van der Waals surface area contributed by atoms with Gasteiger partial charge >= 0.3 is 0 Å². The first kappa shape index (κ1) is 13.9. The molecular formula is C10H18ClN5O. The van der Waals surface area contributed by atoms with Crippen LogP contribution in [0.1, 0.15) is 12.8 Å². The Kier molecular flexibility index (Phi) is 5.93. The van der Waals surface area contributed by atoms with E-state index in [0.717, 1.165) is 32.6 Å². The number of hydrogen-bond donors (Lipinski definition) is 1. The van der Waals surface area contributed by atoms with Gasteiger partial charge in [-0.2, -0.15) is 0 Å². The van der Waals surface area contributed by atoms with E-state index in [9.17, 15) is 4.79 Å². The monoisotopic (exact) mass is 259 g/mol. The summed E-state index contributed by atoms with van der Waals surface area (Å²) in [4.78, 5) is 13.8. The minimum Gasteiger partial charge on any atom is -0.341 e. The quantitative estimate of drug-likeness (QED) is 0.824. The number of rotatable bonds is 3. The van der Waals surface area contributed by atoms with E-state index in [1.54, 1.807) is 17.1 Å². The molecule has 6 nitrogen and oxygen atoms in total. The Morgan fingerprint density at radius 1 is 1.35 bits per heavy atom. The standard InChI is InChI=1S/C10H17N5O.ClH/c16-10(2-7-15-9-5-12-13-15)14-6-1-3-11-4-8-14;/h5,9,11H,1-4,6-8H2;1H. The molecule has 1 fully saturated rings. The number of aromatic nitrogens is 3. The molecule has 2 rings (SSSR count). The minimum atomic E-state index is 0. The molecule has 0 spiro atoms. The molecule has 1 amide bonds. The van der Waals surface area contributed by atoms with Gasteiger partial charge in [0.15, 0.2) is 0 Å². The second-order valence-corrected chi connectivity index (χ2v) is 3.90. The molecule has 1 aliphatic rings. The summed E-state index contributed by atoms with van der Waals surface area (Å²) < 4.78 is 1.69. The van der Waals surface area contributed by atoms with E-state index >= 15 is 0 Å². The molecule has 1 aromatic rings. The average Bonchev–Trinajstić information content (AvgIpc) is 2.66. The first-order chi connectivity index (χ1) is 7.86. The Bertz CT molecular complexity index is 321. The molecule has 0 aromatic carbocycles. The van der Waals surface area contributed by atoms with Crippen molar-refractivity contribution < 1.29 is 4.79 Å². The Hall–Kier alpha value is -1.14. The molecule has 1 N–H and O–H groups in total. The van der Waals surface area contributed by atoms with Crippen molar-refractivity contribution in [1.29, 1.82) is 0 Å². The number of carbonyl (C=O) groups excluding carboxylic acids is 1. The van der Waals surface area contributed by atoms with Crippen LogP contribution in [-0.4, -0.2) is 52.0 Å². The van der Waals surface area contributed by atoms with Crippen molar-refractivity contribution in [2.75, 3.05) is 26.2 Å². The van der Waals surface area contributed by atoms with Crippen molar-refractivity contribution in [2.45, 2.75) is 19.4 Å². The lowest BCUT2D eigenvalue weighted by Gasteiger charge is -2.19. The van der Waals surface area contributed by atoms with Crippen LogP contribution in [0.2, 0.25) is 0 Å². The third-order valence-electron chi connectivity index (χ3n) is 2.72. The van der Waals surface area contributed by atoms with Crippen LogP contribution in [0.5, 0.6) is 0 Å². The highest BCUT2D eigenvalue weighted by molar-refractivity contribution is 5.85. The third kappa shape index (κ3) is 4.32. The largest absolute Gasteiger partial charge is 0.341 e. The Balaban J connectivity index is 0.00000144. The van der Waals surface area contributed by atoms with Crippen LogP contribution in [0.3, 0.4) is 0 Å². The molecule has 1 saturated heterocycles. The van der Waals surface area contributed by atoms with E-state index in [0.29, 0.717) is 13.0 Å². The van der Waals surface area contributed by atoms with Crippen molar-refractivity contribution in [3.63, 3.8) is 0 Å². The van der Waals surface area contributed by atoms with Crippen molar-refractivity contribution in [3.8, 4) is 0 Å². The van der Waals surface area contributed by atoms with E-state index in [4.69, 9.17) is 0 Å². The molecule has 2 heterocycles. The Labute approximate surface area is 107 Å². The van der Waals surface area contributed by atoms with Gasteiger partial charge in [-0.05, 0) is 13.0 Å². The summed E-state index contributed by atoms with van der Waals surface area (Å²) in [6.07, 6.45) is 4.94. The van der Waals surface area contributed by atoms with Crippen LogP contribution in [0.4, 0.5) is 0 Å². The topological polar surface area (TPSA) is 63.1 Å². The lowest BCUT2D eigenvalue weighted by atomic mass is 10.3. The molecule has 17 heavy (non-hydrogen) atoms. The van der Waals surface area contributed by atoms with Crippen LogP contribution in [0.15, 0.2) is 12.4 Å². The molecule has 0 radical (unpaired) electrons. The zero-order chi connectivity index (χ0) is 11.2. The summed E-state index contributed by atoms with van der Waals surface area (Å²) in [6, 6.07) is 0. The van der Waals surface area contributed by atoms with Crippen molar-refractivity contribution in [1.82, 2.24) is 25.2 Å². The summed E-state index contributed by atoms with van der Waals surface area (Å²) in [5.41, 5.74) is 0. The normalized spacial score (nSPS) is 16.1. The van der Waals surface area contributed by atoms with Gasteiger partial charge in [0.2, 0.25) is 5.91 Å². The van der Waals surface area contributed by atoms with Crippen LogP contribution >= 0.6 is 12.4 Å². The summed E-state index contributed by atoms with van der Waals surface area (Å²) in [5.74, 6) is 0.208. The van der Waals surface area contributed by atoms with E-state index in [2.05, 4.69) is 15.6 Å². The maximum atomic E-state index is 11.9. The average molecular weight is 260 g/mol. The smallest absolute Gasteiger partial charge is 0.224 e. The molecule has 0 aliphatic carbocycles. The predicted octanol–water partition coefficient (Wildman–Crippen LogP) is -0.0881. The summed E-state index contributed by atoms with van der Waals surface area (Å²) in [7, 11) is 0. The van der Waals surface area contributed by atoms with Gasteiger partial charge in [-0.15, -0.1) is 17.5 Å². The summed E-state index contributed by atoms with van der Waals surface area (Å²) >= 11 is 0. The maximum absolute atomic E-state index is 11.9. The van der Waals surface area contributed by atoms with Gasteiger partial charge in [-0.25, -0.2) is 0 Å². The zero-order valence-corrected chi connectivity index (χ0v) is 10.5. The number of hydrogen-bond acceptors (Lipinski definition) is 4. The lowest BCUT2D eigenvalue weighted by molar-refractivity contribution is -0.131. The van der Waals surface area contributed by atoms with E-state index < -0.39 is 0 Å². The predicted molar refractivity (Wildman–Crippen MR) is 66.0 cm³/mol. The number of carbonyl (C=O) groups is 1. The highest BCUT2D eigenvalue weighted by Crippen LogP contribution is 2.00. The highest BCUT2D eigenvalue weighted by atomic mass is 35.5. The number of nitrogens with zero attached hydrogens (tertiary/aromatic N) is 4. The molecule has 0 saturated carbocycles. The molecule has 0 bridgehead atoms. The number of nitrogens with one attached hydrogen (secondary N) is 1.